The number of aryl methyl sites for hydroxylation is 1. The van der Waals surface area contributed by atoms with Crippen molar-refractivity contribution in [2.45, 2.75) is 38.0 Å². The molecule has 120 valence electrons. The minimum atomic E-state index is -3.45. The Labute approximate surface area is 124 Å². The van der Waals surface area contributed by atoms with Gasteiger partial charge in [-0.3, -0.25) is 0 Å². The van der Waals surface area contributed by atoms with Crippen molar-refractivity contribution in [3.05, 3.63) is 35.4 Å². The molecule has 7 heteroatoms. The number of sulfonamides is 1. The summed E-state index contributed by atoms with van der Waals surface area (Å²) in [6.45, 7) is 3.41. The van der Waals surface area contributed by atoms with Crippen LogP contribution in [0.3, 0.4) is 0 Å². The molecule has 0 aliphatic heterocycles. The molecule has 1 rings (SSSR count). The zero-order valence-corrected chi connectivity index (χ0v) is 13.2. The summed E-state index contributed by atoms with van der Waals surface area (Å²) in [4.78, 5) is 0. The van der Waals surface area contributed by atoms with Gasteiger partial charge >= 0.3 is 0 Å². The van der Waals surface area contributed by atoms with Crippen LogP contribution >= 0.6 is 0 Å². The van der Waals surface area contributed by atoms with E-state index in [1.165, 1.54) is 13.2 Å². The fourth-order valence-electron chi connectivity index (χ4n) is 1.86. The number of benzene rings is 1. The molecule has 0 heterocycles. The number of nitrogens with one attached hydrogen (secondary N) is 1. The van der Waals surface area contributed by atoms with E-state index in [4.69, 9.17) is 4.74 Å². The second-order valence-electron chi connectivity index (χ2n) is 5.12. The van der Waals surface area contributed by atoms with Crippen LogP contribution in [0, 0.1) is 11.6 Å². The summed E-state index contributed by atoms with van der Waals surface area (Å²) in [5.74, 6) is -1.78. The summed E-state index contributed by atoms with van der Waals surface area (Å²) in [6.07, 6.45) is 0.948. The van der Waals surface area contributed by atoms with Gasteiger partial charge in [-0.05, 0) is 44.4 Å². The molecule has 0 saturated carbocycles. The number of ether oxygens (including phenoxy) is 1. The van der Waals surface area contributed by atoms with Crippen molar-refractivity contribution in [1.29, 1.82) is 0 Å². The van der Waals surface area contributed by atoms with E-state index in [2.05, 4.69) is 4.72 Å². The van der Waals surface area contributed by atoms with Crippen molar-refractivity contribution in [1.82, 2.24) is 4.72 Å². The molecular formula is C14H21F2NO3S. The number of hydrogen-bond acceptors (Lipinski definition) is 3. The van der Waals surface area contributed by atoms with Crippen LogP contribution in [0.15, 0.2) is 18.2 Å². The highest BCUT2D eigenvalue weighted by molar-refractivity contribution is 7.90. The Morgan fingerprint density at radius 3 is 2.48 bits per heavy atom. The fourth-order valence-corrected chi connectivity index (χ4v) is 3.08. The van der Waals surface area contributed by atoms with Gasteiger partial charge in [0.25, 0.3) is 0 Å². The van der Waals surface area contributed by atoms with Crippen LogP contribution in [-0.4, -0.2) is 33.4 Å². The average molecular weight is 321 g/mol. The highest BCUT2D eigenvalue weighted by atomic mass is 32.2. The molecule has 21 heavy (non-hydrogen) atoms. The quantitative estimate of drug-likeness (QED) is 0.799. The average Bonchev–Trinajstić information content (AvgIpc) is 2.40. The normalized spacial score (nSPS) is 14.9. The van der Waals surface area contributed by atoms with Crippen LogP contribution < -0.4 is 4.72 Å². The maximum atomic E-state index is 13.1. The number of methoxy groups -OCH3 is 1. The first-order chi connectivity index (χ1) is 9.76. The van der Waals surface area contributed by atoms with Gasteiger partial charge in [0, 0.05) is 13.2 Å². The monoisotopic (exact) mass is 321 g/mol. The summed E-state index contributed by atoms with van der Waals surface area (Å²) < 4.78 is 57.1. The van der Waals surface area contributed by atoms with Gasteiger partial charge in [0.15, 0.2) is 11.6 Å². The van der Waals surface area contributed by atoms with E-state index < -0.39 is 26.9 Å². The Hall–Kier alpha value is -1.05. The van der Waals surface area contributed by atoms with Crippen molar-refractivity contribution >= 4 is 10.0 Å². The third kappa shape index (κ3) is 5.68. The molecule has 0 aliphatic rings. The van der Waals surface area contributed by atoms with Crippen LogP contribution in [0.1, 0.15) is 25.8 Å². The molecule has 0 aliphatic carbocycles. The zero-order chi connectivity index (χ0) is 16.0. The van der Waals surface area contributed by atoms with Crippen molar-refractivity contribution in [3.63, 3.8) is 0 Å². The van der Waals surface area contributed by atoms with Crippen LogP contribution in [0.4, 0.5) is 8.78 Å². The van der Waals surface area contributed by atoms with E-state index in [0.29, 0.717) is 18.4 Å². The minimum Gasteiger partial charge on any atom is -0.383 e. The molecule has 0 amide bonds. The molecular weight excluding hydrogens is 300 g/mol. The molecule has 0 unspecified atom stereocenters. The minimum absolute atomic E-state index is 0.116. The summed E-state index contributed by atoms with van der Waals surface area (Å²) in [7, 11) is -2.01. The lowest BCUT2D eigenvalue weighted by atomic mass is 10.1. The second-order valence-corrected chi connectivity index (χ2v) is 7.25. The van der Waals surface area contributed by atoms with E-state index in [-0.39, 0.29) is 12.6 Å². The number of hydrogen-bond donors (Lipinski definition) is 1. The first-order valence-electron chi connectivity index (χ1n) is 6.70. The molecule has 0 saturated heterocycles. The first-order valence-corrected chi connectivity index (χ1v) is 8.25. The third-order valence-electron chi connectivity index (χ3n) is 3.15. The van der Waals surface area contributed by atoms with E-state index in [0.717, 1.165) is 12.1 Å². The molecule has 0 spiro atoms. The highest BCUT2D eigenvalue weighted by Crippen LogP contribution is 2.12. The molecule has 1 N–H and O–H groups in total. The van der Waals surface area contributed by atoms with Crippen LogP contribution in [0.25, 0.3) is 0 Å². The lowest BCUT2D eigenvalue weighted by Crippen LogP contribution is -2.40. The number of halogens is 2. The van der Waals surface area contributed by atoms with E-state index in [1.807, 2.05) is 0 Å². The predicted molar refractivity (Wildman–Crippen MR) is 77.5 cm³/mol. The fraction of sp³-hybridized carbons (Fsp3) is 0.571. The van der Waals surface area contributed by atoms with Gasteiger partial charge in [0.2, 0.25) is 10.0 Å². The van der Waals surface area contributed by atoms with Gasteiger partial charge in [-0.2, -0.15) is 0 Å². The molecule has 1 aromatic rings. The van der Waals surface area contributed by atoms with Crippen molar-refractivity contribution in [2.24, 2.45) is 0 Å². The molecule has 4 nitrogen and oxygen atoms in total. The maximum absolute atomic E-state index is 13.1. The Bertz CT molecular complexity index is 563. The standard InChI is InChI=1S/C14H21F2NO3S/c1-10(17-21(18,19)11(2)9-20-3)4-5-12-6-7-13(15)14(16)8-12/h6-8,10-11,17H,4-5,9H2,1-3H3/t10-,11+/m0/s1. The molecule has 0 aromatic heterocycles. The van der Waals surface area contributed by atoms with Crippen molar-refractivity contribution in [2.75, 3.05) is 13.7 Å². The SMILES string of the molecule is COC[C@@H](C)S(=O)(=O)N[C@@H](C)CCc1ccc(F)c(F)c1. The van der Waals surface area contributed by atoms with Crippen LogP contribution in [-0.2, 0) is 21.2 Å². The van der Waals surface area contributed by atoms with E-state index in [1.54, 1.807) is 13.8 Å². The lowest BCUT2D eigenvalue weighted by Gasteiger charge is -2.18. The largest absolute Gasteiger partial charge is 0.383 e. The maximum Gasteiger partial charge on any atom is 0.216 e. The predicted octanol–water partition coefficient (Wildman–Crippen LogP) is 2.24. The smallest absolute Gasteiger partial charge is 0.216 e. The topological polar surface area (TPSA) is 55.4 Å². The zero-order valence-electron chi connectivity index (χ0n) is 12.4. The first kappa shape index (κ1) is 18.0. The van der Waals surface area contributed by atoms with Gasteiger partial charge in [-0.1, -0.05) is 6.07 Å². The van der Waals surface area contributed by atoms with Gasteiger partial charge in [0.05, 0.1) is 11.9 Å². The molecule has 2 atom stereocenters. The van der Waals surface area contributed by atoms with Crippen molar-refractivity contribution in [3.8, 4) is 0 Å². The molecule has 0 bridgehead atoms. The van der Waals surface area contributed by atoms with Gasteiger partial charge in [0.1, 0.15) is 0 Å². The summed E-state index contributed by atoms with van der Waals surface area (Å²) in [5.41, 5.74) is 0.630. The lowest BCUT2D eigenvalue weighted by molar-refractivity contribution is 0.200. The van der Waals surface area contributed by atoms with Gasteiger partial charge in [-0.25, -0.2) is 21.9 Å². The van der Waals surface area contributed by atoms with Crippen molar-refractivity contribution < 1.29 is 21.9 Å². The Kier molecular flexibility index (Phi) is 6.70. The molecule has 0 fully saturated rings. The number of rotatable bonds is 8. The van der Waals surface area contributed by atoms with E-state index >= 15 is 0 Å². The Balaban J connectivity index is 2.54. The summed E-state index contributed by atoms with van der Waals surface area (Å²) in [5, 5.41) is -0.645. The highest BCUT2D eigenvalue weighted by Gasteiger charge is 2.22. The van der Waals surface area contributed by atoms with E-state index in [9.17, 15) is 17.2 Å². The summed E-state index contributed by atoms with van der Waals surface area (Å²) in [6, 6.07) is 3.39. The Morgan fingerprint density at radius 1 is 1.24 bits per heavy atom. The Morgan fingerprint density at radius 2 is 1.90 bits per heavy atom. The van der Waals surface area contributed by atoms with Crippen LogP contribution in [0.2, 0.25) is 0 Å². The molecule has 1 aromatic carbocycles. The molecule has 0 radical (unpaired) electrons. The summed E-state index contributed by atoms with van der Waals surface area (Å²) >= 11 is 0. The van der Waals surface area contributed by atoms with Crippen LogP contribution in [0.5, 0.6) is 0 Å². The van der Waals surface area contributed by atoms with Gasteiger partial charge < -0.3 is 4.74 Å². The second kappa shape index (κ2) is 7.82. The third-order valence-corrected chi connectivity index (χ3v) is 5.07. The van der Waals surface area contributed by atoms with Gasteiger partial charge in [-0.15, -0.1) is 0 Å².